The summed E-state index contributed by atoms with van der Waals surface area (Å²) in [5.41, 5.74) is 0.833. The van der Waals surface area contributed by atoms with Gasteiger partial charge in [0.05, 0.1) is 11.4 Å². The van der Waals surface area contributed by atoms with Crippen molar-refractivity contribution in [3.8, 4) is 0 Å². The summed E-state index contributed by atoms with van der Waals surface area (Å²) in [6.45, 7) is 1.70. The summed E-state index contributed by atoms with van der Waals surface area (Å²) in [6.07, 6.45) is 3.89. The van der Waals surface area contributed by atoms with Crippen LogP contribution in [-0.2, 0) is 9.59 Å². The van der Waals surface area contributed by atoms with Crippen molar-refractivity contribution in [2.45, 2.75) is 38.5 Å². The quantitative estimate of drug-likeness (QED) is 0.860. The number of imide groups is 1. The van der Waals surface area contributed by atoms with Crippen molar-refractivity contribution in [3.63, 3.8) is 0 Å². The highest BCUT2D eigenvalue weighted by Crippen LogP contribution is 2.31. The summed E-state index contributed by atoms with van der Waals surface area (Å²) < 4.78 is 14.6. The first kappa shape index (κ1) is 16.9. The van der Waals surface area contributed by atoms with Gasteiger partial charge in [0.15, 0.2) is 0 Å². The van der Waals surface area contributed by atoms with Crippen molar-refractivity contribution in [2.75, 3.05) is 29.5 Å². The van der Waals surface area contributed by atoms with Crippen LogP contribution in [0.15, 0.2) is 18.2 Å². The van der Waals surface area contributed by atoms with E-state index in [9.17, 15) is 14.0 Å². The van der Waals surface area contributed by atoms with Crippen LogP contribution < -0.4 is 9.80 Å². The second kappa shape index (κ2) is 7.30. The van der Waals surface area contributed by atoms with Crippen LogP contribution >= 0.6 is 0 Å². The smallest absolute Gasteiger partial charge is 0.233 e. The van der Waals surface area contributed by atoms with Crippen molar-refractivity contribution in [1.29, 1.82) is 0 Å². The van der Waals surface area contributed by atoms with Crippen molar-refractivity contribution >= 4 is 23.2 Å². The monoisotopic (exact) mass is 334 g/mol. The second-order valence-electron chi connectivity index (χ2n) is 6.55. The molecule has 0 spiro atoms. The van der Waals surface area contributed by atoms with E-state index in [0.29, 0.717) is 36.6 Å². The molecule has 0 bridgehead atoms. The van der Waals surface area contributed by atoms with Crippen LogP contribution in [-0.4, -0.2) is 36.6 Å². The van der Waals surface area contributed by atoms with Gasteiger partial charge in [0.2, 0.25) is 11.8 Å². The number of hydrogen-bond donors (Lipinski definition) is 1. The summed E-state index contributed by atoms with van der Waals surface area (Å²) in [7, 11) is 0. The van der Waals surface area contributed by atoms with Crippen LogP contribution in [0.4, 0.5) is 15.8 Å². The zero-order valence-electron chi connectivity index (χ0n) is 13.7. The standard InChI is InChI=1S/C18H23FN2O3/c19-15-12-14(21-17(23)2-1-3-18(21)24)4-5-16(15)20-9-6-13(7-10-20)8-11-22/h4-5,12-13,22H,1-3,6-11H2. The van der Waals surface area contributed by atoms with E-state index < -0.39 is 5.82 Å². The molecule has 2 aliphatic heterocycles. The Hall–Kier alpha value is -1.95. The predicted molar refractivity (Wildman–Crippen MR) is 89.4 cm³/mol. The Morgan fingerprint density at radius 1 is 1.12 bits per heavy atom. The van der Waals surface area contributed by atoms with E-state index in [1.54, 1.807) is 12.1 Å². The average Bonchev–Trinajstić information content (AvgIpc) is 2.56. The molecule has 0 radical (unpaired) electrons. The highest BCUT2D eigenvalue weighted by Gasteiger charge is 2.28. The molecule has 3 rings (SSSR count). The molecule has 2 heterocycles. The van der Waals surface area contributed by atoms with E-state index in [-0.39, 0.29) is 18.4 Å². The van der Waals surface area contributed by atoms with Crippen molar-refractivity contribution < 1.29 is 19.1 Å². The topological polar surface area (TPSA) is 60.9 Å². The Kier molecular flexibility index (Phi) is 5.14. The number of aliphatic hydroxyl groups excluding tert-OH is 1. The minimum atomic E-state index is -0.403. The van der Waals surface area contributed by atoms with E-state index in [1.165, 1.54) is 6.07 Å². The minimum absolute atomic E-state index is 0.200. The van der Waals surface area contributed by atoms with Gasteiger partial charge < -0.3 is 10.0 Å². The molecule has 2 saturated heterocycles. The summed E-state index contributed by atoms with van der Waals surface area (Å²) in [6, 6.07) is 4.60. The maximum Gasteiger partial charge on any atom is 0.233 e. The molecule has 0 saturated carbocycles. The molecule has 0 aliphatic carbocycles. The van der Waals surface area contributed by atoms with E-state index in [1.807, 2.05) is 4.90 Å². The number of benzene rings is 1. The molecule has 1 aromatic rings. The van der Waals surface area contributed by atoms with Gasteiger partial charge in [-0.3, -0.25) is 14.5 Å². The number of carbonyl (C=O) groups excluding carboxylic acids is 2. The summed E-state index contributed by atoms with van der Waals surface area (Å²) in [4.78, 5) is 27.0. The third-order valence-electron chi connectivity index (χ3n) is 4.96. The zero-order chi connectivity index (χ0) is 17.1. The summed E-state index contributed by atoms with van der Waals surface area (Å²) >= 11 is 0. The molecule has 130 valence electrons. The molecule has 5 nitrogen and oxygen atoms in total. The number of hydrogen-bond acceptors (Lipinski definition) is 4. The Morgan fingerprint density at radius 2 is 1.79 bits per heavy atom. The Bertz CT molecular complexity index is 611. The Balaban J connectivity index is 1.73. The molecule has 2 aliphatic rings. The third-order valence-corrected chi connectivity index (χ3v) is 4.96. The average molecular weight is 334 g/mol. The fourth-order valence-corrected chi connectivity index (χ4v) is 3.58. The highest BCUT2D eigenvalue weighted by atomic mass is 19.1. The van der Waals surface area contributed by atoms with Crippen LogP contribution in [0, 0.1) is 11.7 Å². The Morgan fingerprint density at radius 3 is 2.38 bits per heavy atom. The maximum atomic E-state index is 14.6. The van der Waals surface area contributed by atoms with Gasteiger partial charge >= 0.3 is 0 Å². The molecule has 0 aromatic heterocycles. The van der Waals surface area contributed by atoms with E-state index in [4.69, 9.17) is 5.11 Å². The number of aliphatic hydroxyl groups is 1. The molecule has 2 amide bonds. The first-order chi connectivity index (χ1) is 11.6. The molecule has 1 N–H and O–H groups in total. The molecule has 24 heavy (non-hydrogen) atoms. The molecule has 0 unspecified atom stereocenters. The van der Waals surface area contributed by atoms with Crippen LogP contribution in [0.5, 0.6) is 0 Å². The normalized spacial score (nSPS) is 19.9. The molecule has 0 atom stereocenters. The number of amides is 2. The number of piperidine rings is 2. The van der Waals surface area contributed by atoms with Gasteiger partial charge in [0, 0.05) is 38.6 Å². The van der Waals surface area contributed by atoms with E-state index in [2.05, 4.69) is 0 Å². The number of carbonyl (C=O) groups is 2. The SMILES string of the molecule is O=C1CCCC(=O)N1c1ccc(N2CCC(CCO)CC2)c(F)c1. The fraction of sp³-hybridized carbons (Fsp3) is 0.556. The number of halogens is 1. The maximum absolute atomic E-state index is 14.6. The summed E-state index contributed by atoms with van der Waals surface area (Å²) in [5, 5.41) is 9.01. The van der Waals surface area contributed by atoms with Gasteiger partial charge in [-0.2, -0.15) is 0 Å². The summed E-state index contributed by atoms with van der Waals surface area (Å²) in [5.74, 6) is -0.428. The molecule has 6 heteroatoms. The van der Waals surface area contributed by atoms with Crippen LogP contribution in [0.1, 0.15) is 38.5 Å². The number of rotatable bonds is 4. The van der Waals surface area contributed by atoms with Gasteiger partial charge in [-0.25, -0.2) is 4.39 Å². The lowest BCUT2D eigenvalue weighted by atomic mass is 9.93. The lowest BCUT2D eigenvalue weighted by Gasteiger charge is -2.34. The third kappa shape index (κ3) is 3.43. The van der Waals surface area contributed by atoms with Crippen LogP contribution in [0.25, 0.3) is 0 Å². The highest BCUT2D eigenvalue weighted by molar-refractivity contribution is 6.16. The van der Waals surface area contributed by atoms with E-state index >= 15 is 0 Å². The number of nitrogens with zero attached hydrogens (tertiary/aromatic N) is 2. The lowest BCUT2D eigenvalue weighted by molar-refractivity contribution is -0.129. The first-order valence-electron chi connectivity index (χ1n) is 8.61. The molecule has 1 aromatic carbocycles. The molecular weight excluding hydrogens is 311 g/mol. The first-order valence-corrected chi connectivity index (χ1v) is 8.61. The minimum Gasteiger partial charge on any atom is -0.396 e. The molecule has 2 fully saturated rings. The predicted octanol–water partition coefficient (Wildman–Crippen LogP) is 2.47. The lowest BCUT2D eigenvalue weighted by Crippen LogP contribution is -2.40. The Labute approximate surface area is 141 Å². The van der Waals surface area contributed by atoms with Gasteiger partial charge in [0.1, 0.15) is 5.82 Å². The van der Waals surface area contributed by atoms with Gasteiger partial charge in [0.25, 0.3) is 0 Å². The second-order valence-corrected chi connectivity index (χ2v) is 6.55. The van der Waals surface area contributed by atoms with Gasteiger partial charge in [-0.05, 0) is 43.7 Å². The van der Waals surface area contributed by atoms with E-state index in [0.717, 1.165) is 37.3 Å². The zero-order valence-corrected chi connectivity index (χ0v) is 13.7. The van der Waals surface area contributed by atoms with Gasteiger partial charge in [-0.1, -0.05) is 0 Å². The van der Waals surface area contributed by atoms with Crippen molar-refractivity contribution in [3.05, 3.63) is 24.0 Å². The molecular formula is C18H23FN2O3. The van der Waals surface area contributed by atoms with Crippen LogP contribution in [0.2, 0.25) is 0 Å². The van der Waals surface area contributed by atoms with Gasteiger partial charge in [-0.15, -0.1) is 0 Å². The number of anilines is 2. The van der Waals surface area contributed by atoms with Crippen LogP contribution in [0.3, 0.4) is 0 Å². The van der Waals surface area contributed by atoms with Crippen molar-refractivity contribution in [1.82, 2.24) is 0 Å². The fourth-order valence-electron chi connectivity index (χ4n) is 3.58. The van der Waals surface area contributed by atoms with Crippen molar-refractivity contribution in [2.24, 2.45) is 5.92 Å². The largest absolute Gasteiger partial charge is 0.396 e.